The van der Waals surface area contributed by atoms with Crippen molar-refractivity contribution in [1.29, 1.82) is 0 Å². The van der Waals surface area contributed by atoms with E-state index < -0.39 is 5.97 Å². The Morgan fingerprint density at radius 3 is 2.70 bits per heavy atom. The van der Waals surface area contributed by atoms with E-state index in [2.05, 4.69) is 20.4 Å². The van der Waals surface area contributed by atoms with Crippen LogP contribution in [0.15, 0.2) is 24.3 Å². The number of aromatic nitrogens is 5. The lowest BCUT2D eigenvalue weighted by molar-refractivity contribution is 0.0599. The number of aryl methyl sites for hydroxylation is 1. The predicted octanol–water partition coefficient (Wildman–Crippen LogP) is 1.96. The zero-order chi connectivity index (χ0) is 19.6. The van der Waals surface area contributed by atoms with Gasteiger partial charge in [-0.05, 0) is 36.8 Å². The molecule has 0 bridgehead atoms. The summed E-state index contributed by atoms with van der Waals surface area (Å²) in [7, 11) is 2.88. The normalized spacial score (nSPS) is 10.7. The number of carbonyl (C=O) groups is 2. The van der Waals surface area contributed by atoms with Crippen molar-refractivity contribution >= 4 is 11.8 Å². The number of ketones is 1. The third-order valence-electron chi connectivity index (χ3n) is 4.17. The van der Waals surface area contributed by atoms with Crippen molar-refractivity contribution < 1.29 is 19.1 Å². The Morgan fingerprint density at radius 1 is 1.22 bits per heavy atom. The monoisotopic (exact) mass is 369 g/mol. The van der Waals surface area contributed by atoms with Crippen LogP contribution >= 0.6 is 0 Å². The van der Waals surface area contributed by atoms with E-state index >= 15 is 0 Å². The molecule has 2 heterocycles. The van der Waals surface area contributed by atoms with Crippen molar-refractivity contribution in [2.45, 2.75) is 20.4 Å². The molecule has 0 saturated heterocycles. The van der Waals surface area contributed by atoms with E-state index in [0.717, 1.165) is 5.56 Å². The van der Waals surface area contributed by atoms with Crippen LogP contribution in [0, 0.1) is 13.8 Å². The largest absolute Gasteiger partial charge is 0.497 e. The van der Waals surface area contributed by atoms with Gasteiger partial charge < -0.3 is 14.5 Å². The molecule has 0 atom stereocenters. The molecular formula is C18H19N5O4. The van der Waals surface area contributed by atoms with Gasteiger partial charge in [0.05, 0.1) is 25.5 Å². The summed E-state index contributed by atoms with van der Waals surface area (Å²) in [5, 5.41) is 12.2. The lowest BCUT2D eigenvalue weighted by Gasteiger charge is -2.01. The summed E-state index contributed by atoms with van der Waals surface area (Å²) in [5.41, 5.74) is 2.54. The van der Waals surface area contributed by atoms with Crippen LogP contribution < -0.4 is 4.74 Å². The summed E-state index contributed by atoms with van der Waals surface area (Å²) in [6, 6.07) is 7.24. The molecule has 0 spiro atoms. The first kappa shape index (κ1) is 18.3. The number of esters is 1. The minimum Gasteiger partial charge on any atom is -0.497 e. The number of aromatic amines is 1. The minimum atomic E-state index is -0.487. The van der Waals surface area contributed by atoms with Gasteiger partial charge in [0.1, 0.15) is 12.3 Å². The molecule has 140 valence electrons. The van der Waals surface area contributed by atoms with Gasteiger partial charge in [-0.15, -0.1) is 10.2 Å². The maximum absolute atomic E-state index is 12.6. The summed E-state index contributed by atoms with van der Waals surface area (Å²) in [4.78, 5) is 28.6. The molecule has 0 saturated carbocycles. The molecular weight excluding hydrogens is 350 g/mol. The molecule has 2 aromatic heterocycles. The highest BCUT2D eigenvalue weighted by Gasteiger charge is 2.23. The van der Waals surface area contributed by atoms with Crippen molar-refractivity contribution in [3.8, 4) is 17.1 Å². The van der Waals surface area contributed by atoms with Crippen LogP contribution in [0.25, 0.3) is 11.4 Å². The van der Waals surface area contributed by atoms with Gasteiger partial charge >= 0.3 is 5.97 Å². The molecule has 0 unspecified atom stereocenters. The molecule has 1 N–H and O–H groups in total. The van der Waals surface area contributed by atoms with Crippen molar-refractivity contribution in [2.75, 3.05) is 14.2 Å². The maximum atomic E-state index is 12.6. The summed E-state index contributed by atoms with van der Waals surface area (Å²) >= 11 is 0. The number of rotatable bonds is 6. The number of ether oxygens (including phenoxy) is 2. The van der Waals surface area contributed by atoms with Gasteiger partial charge in [0.25, 0.3) is 0 Å². The molecule has 0 aliphatic heterocycles. The van der Waals surface area contributed by atoms with Gasteiger partial charge in [-0.3, -0.25) is 4.79 Å². The first-order valence-electron chi connectivity index (χ1n) is 8.17. The average molecular weight is 369 g/mol. The van der Waals surface area contributed by atoms with E-state index in [1.165, 1.54) is 11.9 Å². The molecule has 1 aromatic carbocycles. The Kier molecular flexibility index (Phi) is 5.02. The van der Waals surface area contributed by atoms with Crippen molar-refractivity contribution in [3.63, 3.8) is 0 Å². The highest BCUT2D eigenvalue weighted by molar-refractivity contribution is 6.01. The van der Waals surface area contributed by atoms with E-state index in [9.17, 15) is 9.59 Å². The Labute approximate surface area is 155 Å². The molecule has 3 aromatic rings. The predicted molar refractivity (Wildman–Crippen MR) is 95.7 cm³/mol. The van der Waals surface area contributed by atoms with E-state index in [1.807, 2.05) is 18.2 Å². The number of Topliss-reactive ketones (excluding diaryl/α,β-unsaturated/α-hetero) is 1. The number of H-pyrrole nitrogens is 1. The molecule has 9 heteroatoms. The molecule has 3 rings (SSSR count). The minimum absolute atomic E-state index is 0.113. The number of nitrogens with one attached hydrogen (secondary N) is 1. The fraction of sp³-hybridized carbons (Fsp3) is 0.278. The highest BCUT2D eigenvalue weighted by atomic mass is 16.5. The molecule has 0 radical (unpaired) electrons. The van der Waals surface area contributed by atoms with Crippen molar-refractivity contribution in [1.82, 2.24) is 25.2 Å². The van der Waals surface area contributed by atoms with Crippen LogP contribution in [0.5, 0.6) is 5.75 Å². The fourth-order valence-electron chi connectivity index (χ4n) is 2.83. The number of hydrogen-bond donors (Lipinski definition) is 1. The molecule has 0 fully saturated rings. The first-order chi connectivity index (χ1) is 12.9. The molecule has 27 heavy (non-hydrogen) atoms. The molecule has 0 aliphatic carbocycles. The van der Waals surface area contributed by atoms with Crippen LogP contribution in [0.1, 0.15) is 32.1 Å². The van der Waals surface area contributed by atoms with Crippen LogP contribution in [0.3, 0.4) is 0 Å². The standard InChI is InChI=1S/C18H19N5O4/c1-10-15(18(25)27-4)11(2)19-16(10)14(24)9-23-21-17(20-22-23)12-6-5-7-13(8-12)26-3/h5-8,19H,9H2,1-4H3. The van der Waals surface area contributed by atoms with Gasteiger partial charge in [-0.2, -0.15) is 4.80 Å². The summed E-state index contributed by atoms with van der Waals surface area (Å²) < 4.78 is 9.94. The smallest absolute Gasteiger partial charge is 0.339 e. The third kappa shape index (κ3) is 3.57. The Morgan fingerprint density at radius 2 is 2.00 bits per heavy atom. The van der Waals surface area contributed by atoms with E-state index in [-0.39, 0.29) is 12.3 Å². The second-order valence-corrected chi connectivity index (χ2v) is 5.92. The van der Waals surface area contributed by atoms with Crippen molar-refractivity contribution in [2.24, 2.45) is 0 Å². The van der Waals surface area contributed by atoms with Gasteiger partial charge in [0, 0.05) is 11.3 Å². The van der Waals surface area contributed by atoms with E-state index in [1.54, 1.807) is 27.0 Å². The van der Waals surface area contributed by atoms with Gasteiger partial charge in [-0.1, -0.05) is 12.1 Å². The van der Waals surface area contributed by atoms with Crippen LogP contribution in [-0.4, -0.2) is 51.2 Å². The van der Waals surface area contributed by atoms with Gasteiger partial charge in [0.2, 0.25) is 11.6 Å². The van der Waals surface area contributed by atoms with Crippen LogP contribution in [-0.2, 0) is 11.3 Å². The van der Waals surface area contributed by atoms with Crippen molar-refractivity contribution in [3.05, 3.63) is 46.8 Å². The highest BCUT2D eigenvalue weighted by Crippen LogP contribution is 2.21. The average Bonchev–Trinajstić information content (AvgIpc) is 3.25. The zero-order valence-electron chi connectivity index (χ0n) is 15.4. The van der Waals surface area contributed by atoms with Crippen LogP contribution in [0.2, 0.25) is 0 Å². The van der Waals surface area contributed by atoms with E-state index in [4.69, 9.17) is 9.47 Å². The maximum Gasteiger partial charge on any atom is 0.339 e. The Bertz CT molecular complexity index is 1010. The second-order valence-electron chi connectivity index (χ2n) is 5.92. The number of methoxy groups -OCH3 is 2. The van der Waals surface area contributed by atoms with E-state index in [0.29, 0.717) is 34.1 Å². The SMILES string of the molecule is COC(=O)c1c(C)[nH]c(C(=O)Cn2nnc(-c3cccc(OC)c3)n2)c1C. The summed E-state index contributed by atoms with van der Waals surface area (Å²) in [5.74, 6) is 0.309. The fourth-order valence-corrected chi connectivity index (χ4v) is 2.83. The number of benzene rings is 1. The number of nitrogens with zero attached hydrogens (tertiary/aromatic N) is 4. The Hall–Kier alpha value is -3.49. The number of carbonyl (C=O) groups excluding carboxylic acids is 2. The number of hydrogen-bond acceptors (Lipinski definition) is 7. The lowest BCUT2D eigenvalue weighted by atomic mass is 10.1. The lowest BCUT2D eigenvalue weighted by Crippen LogP contribution is -2.15. The quantitative estimate of drug-likeness (QED) is 0.522. The first-order valence-corrected chi connectivity index (χ1v) is 8.17. The second kappa shape index (κ2) is 7.40. The van der Waals surface area contributed by atoms with Gasteiger partial charge in [-0.25, -0.2) is 4.79 Å². The summed E-state index contributed by atoms with van der Waals surface area (Å²) in [6.45, 7) is 3.29. The summed E-state index contributed by atoms with van der Waals surface area (Å²) in [6.07, 6.45) is 0. The third-order valence-corrected chi connectivity index (χ3v) is 4.17. The molecule has 0 amide bonds. The van der Waals surface area contributed by atoms with Gasteiger partial charge in [0.15, 0.2) is 0 Å². The van der Waals surface area contributed by atoms with Crippen LogP contribution in [0.4, 0.5) is 0 Å². The molecule has 9 nitrogen and oxygen atoms in total. The number of tetrazole rings is 1. The topological polar surface area (TPSA) is 112 Å². The zero-order valence-corrected chi connectivity index (χ0v) is 15.4. The molecule has 0 aliphatic rings. The Balaban J connectivity index is 1.81.